The first-order chi connectivity index (χ1) is 8.28. The third-order valence-electron chi connectivity index (χ3n) is 4.00. The van der Waals surface area contributed by atoms with Gasteiger partial charge >= 0.3 is 0 Å². The minimum absolute atomic E-state index is 0.204. The molecule has 17 heavy (non-hydrogen) atoms. The maximum atomic E-state index is 13.0. The Labute approximate surface area is 101 Å². The van der Waals surface area contributed by atoms with E-state index in [0.29, 0.717) is 11.3 Å². The number of rotatable bonds is 0. The molecule has 0 radical (unpaired) electrons. The van der Waals surface area contributed by atoms with Gasteiger partial charge in [0.05, 0.1) is 0 Å². The second kappa shape index (κ2) is 4.16. The van der Waals surface area contributed by atoms with Crippen LogP contribution in [0.4, 0.5) is 4.39 Å². The van der Waals surface area contributed by atoms with Gasteiger partial charge in [0.2, 0.25) is 0 Å². The Kier molecular flexibility index (Phi) is 2.64. The molecule has 1 nitrogen and oxygen atoms in total. The highest BCUT2D eigenvalue weighted by atomic mass is 19.1. The zero-order valence-corrected chi connectivity index (χ0v) is 9.80. The van der Waals surface area contributed by atoms with E-state index in [4.69, 9.17) is 0 Å². The smallest absolute Gasteiger partial charge is 0.124 e. The van der Waals surface area contributed by atoms with Crippen molar-refractivity contribution >= 4 is 0 Å². The lowest BCUT2D eigenvalue weighted by Crippen LogP contribution is -2.29. The first kappa shape index (κ1) is 10.8. The predicted molar refractivity (Wildman–Crippen MR) is 65.9 cm³/mol. The van der Waals surface area contributed by atoms with E-state index in [1.165, 1.54) is 31.4 Å². The van der Waals surface area contributed by atoms with Gasteiger partial charge in [-0.3, -0.25) is 0 Å². The molecular formula is C15H16FN. The van der Waals surface area contributed by atoms with Crippen LogP contribution in [-0.2, 0) is 0 Å². The van der Waals surface area contributed by atoms with Crippen LogP contribution in [-0.4, -0.2) is 13.1 Å². The Morgan fingerprint density at radius 3 is 2.88 bits per heavy atom. The lowest BCUT2D eigenvalue weighted by molar-refractivity contribution is 0.339. The van der Waals surface area contributed by atoms with Gasteiger partial charge < -0.3 is 5.32 Å². The molecule has 1 aromatic carbocycles. The van der Waals surface area contributed by atoms with Gasteiger partial charge in [-0.05, 0) is 56.0 Å². The molecular weight excluding hydrogens is 213 g/mol. The minimum Gasteiger partial charge on any atom is -0.317 e. The molecule has 3 rings (SSSR count). The highest BCUT2D eigenvalue weighted by Crippen LogP contribution is 2.58. The van der Waals surface area contributed by atoms with Crippen molar-refractivity contribution in [3.63, 3.8) is 0 Å². The quantitative estimate of drug-likeness (QED) is 0.674. The molecule has 1 saturated carbocycles. The summed E-state index contributed by atoms with van der Waals surface area (Å²) in [5, 5.41) is 3.38. The monoisotopic (exact) mass is 229 g/mol. The van der Waals surface area contributed by atoms with Crippen LogP contribution >= 0.6 is 0 Å². The zero-order chi connectivity index (χ0) is 11.7. The molecule has 0 bridgehead atoms. The fourth-order valence-electron chi connectivity index (χ4n) is 2.77. The first-order valence-electron chi connectivity index (χ1n) is 6.26. The molecule has 1 aromatic rings. The Bertz CT molecular complexity index is 477. The van der Waals surface area contributed by atoms with Gasteiger partial charge in [0.1, 0.15) is 5.82 Å². The van der Waals surface area contributed by atoms with Crippen molar-refractivity contribution in [3.8, 4) is 11.8 Å². The van der Waals surface area contributed by atoms with Crippen LogP contribution in [0.15, 0.2) is 24.3 Å². The molecule has 1 spiro atoms. The molecule has 0 aromatic heterocycles. The van der Waals surface area contributed by atoms with Crippen molar-refractivity contribution in [2.45, 2.75) is 19.3 Å². The van der Waals surface area contributed by atoms with Crippen LogP contribution in [0.2, 0.25) is 0 Å². The summed E-state index contributed by atoms with van der Waals surface area (Å²) in [5.41, 5.74) is 1.28. The average molecular weight is 229 g/mol. The van der Waals surface area contributed by atoms with Crippen molar-refractivity contribution in [3.05, 3.63) is 35.6 Å². The van der Waals surface area contributed by atoms with E-state index < -0.39 is 0 Å². The molecule has 88 valence electrons. The third kappa shape index (κ3) is 2.21. The van der Waals surface area contributed by atoms with Crippen molar-refractivity contribution in [1.82, 2.24) is 5.32 Å². The minimum atomic E-state index is -0.204. The summed E-state index contributed by atoms with van der Waals surface area (Å²) in [7, 11) is 0. The van der Waals surface area contributed by atoms with E-state index in [1.807, 2.05) is 6.07 Å². The summed E-state index contributed by atoms with van der Waals surface area (Å²) in [5.74, 6) is 6.76. The van der Waals surface area contributed by atoms with Crippen LogP contribution < -0.4 is 5.32 Å². The van der Waals surface area contributed by atoms with Crippen LogP contribution in [0.5, 0.6) is 0 Å². The van der Waals surface area contributed by atoms with Gasteiger partial charge in [0.25, 0.3) is 0 Å². The molecule has 2 heteroatoms. The fourth-order valence-corrected chi connectivity index (χ4v) is 2.77. The van der Waals surface area contributed by atoms with Gasteiger partial charge in [-0.25, -0.2) is 4.39 Å². The summed E-state index contributed by atoms with van der Waals surface area (Å²) in [6, 6.07) is 6.54. The molecule has 1 saturated heterocycles. The Morgan fingerprint density at radius 2 is 2.12 bits per heavy atom. The molecule has 1 atom stereocenters. The van der Waals surface area contributed by atoms with Gasteiger partial charge in [-0.15, -0.1) is 0 Å². The van der Waals surface area contributed by atoms with E-state index in [1.54, 1.807) is 6.07 Å². The standard InChI is InChI=1S/C15H16FN/c16-14-3-1-2-12(10-14)4-5-13-11-15(13)6-8-17-9-7-15/h1-3,10,13,17H,6-9,11H2. The van der Waals surface area contributed by atoms with Crippen LogP contribution in [0.3, 0.4) is 0 Å². The second-order valence-corrected chi connectivity index (χ2v) is 5.15. The van der Waals surface area contributed by atoms with E-state index in [9.17, 15) is 4.39 Å². The summed E-state index contributed by atoms with van der Waals surface area (Å²) in [6.07, 6.45) is 3.72. The largest absolute Gasteiger partial charge is 0.317 e. The molecule has 1 heterocycles. The van der Waals surface area contributed by atoms with Gasteiger partial charge in [-0.2, -0.15) is 0 Å². The Morgan fingerprint density at radius 1 is 1.29 bits per heavy atom. The number of piperidine rings is 1. The maximum absolute atomic E-state index is 13.0. The molecule has 0 amide bonds. The van der Waals surface area contributed by atoms with Gasteiger partial charge in [0, 0.05) is 11.5 Å². The molecule has 1 unspecified atom stereocenters. The summed E-state index contributed by atoms with van der Waals surface area (Å²) < 4.78 is 13.0. The lowest BCUT2D eigenvalue weighted by atomic mass is 9.92. The maximum Gasteiger partial charge on any atom is 0.124 e. The molecule has 1 N–H and O–H groups in total. The number of halogens is 1. The zero-order valence-electron chi connectivity index (χ0n) is 9.80. The van der Waals surface area contributed by atoms with Crippen molar-refractivity contribution in [2.75, 3.05) is 13.1 Å². The van der Waals surface area contributed by atoms with E-state index in [2.05, 4.69) is 17.2 Å². The normalized spacial score (nSPS) is 25.1. The summed E-state index contributed by atoms with van der Waals surface area (Å²) in [4.78, 5) is 0. The van der Waals surface area contributed by atoms with E-state index >= 15 is 0 Å². The van der Waals surface area contributed by atoms with E-state index in [0.717, 1.165) is 18.7 Å². The topological polar surface area (TPSA) is 12.0 Å². The molecule has 2 aliphatic rings. The molecule has 1 aliphatic carbocycles. The Hall–Kier alpha value is -1.33. The highest BCUT2D eigenvalue weighted by Gasteiger charge is 2.52. The molecule has 2 fully saturated rings. The number of benzene rings is 1. The molecule has 1 aliphatic heterocycles. The van der Waals surface area contributed by atoms with Crippen molar-refractivity contribution in [1.29, 1.82) is 0 Å². The summed E-state index contributed by atoms with van der Waals surface area (Å²) >= 11 is 0. The van der Waals surface area contributed by atoms with Gasteiger partial charge in [0.15, 0.2) is 0 Å². The average Bonchev–Trinajstić information content (AvgIpc) is 3.00. The predicted octanol–water partition coefficient (Wildman–Crippen LogP) is 2.57. The first-order valence-corrected chi connectivity index (χ1v) is 6.26. The Balaban J connectivity index is 1.69. The van der Waals surface area contributed by atoms with Crippen molar-refractivity contribution in [2.24, 2.45) is 11.3 Å². The third-order valence-corrected chi connectivity index (χ3v) is 4.00. The van der Waals surface area contributed by atoms with Crippen molar-refractivity contribution < 1.29 is 4.39 Å². The number of hydrogen-bond acceptors (Lipinski definition) is 1. The highest BCUT2D eigenvalue weighted by molar-refractivity contribution is 5.36. The fraction of sp³-hybridized carbons (Fsp3) is 0.467. The SMILES string of the molecule is Fc1cccc(C#CC2CC23CCNCC3)c1. The van der Waals surface area contributed by atoms with Crippen LogP contribution in [0.25, 0.3) is 0 Å². The number of nitrogens with one attached hydrogen (secondary N) is 1. The second-order valence-electron chi connectivity index (χ2n) is 5.15. The van der Waals surface area contributed by atoms with Crippen LogP contribution in [0.1, 0.15) is 24.8 Å². The van der Waals surface area contributed by atoms with E-state index in [-0.39, 0.29) is 5.82 Å². The lowest BCUT2D eigenvalue weighted by Gasteiger charge is -2.22. The van der Waals surface area contributed by atoms with Gasteiger partial charge in [-0.1, -0.05) is 17.9 Å². The summed E-state index contributed by atoms with van der Waals surface area (Å²) in [6.45, 7) is 2.25. The number of hydrogen-bond donors (Lipinski definition) is 1. The van der Waals surface area contributed by atoms with Crippen LogP contribution in [0, 0.1) is 29.0 Å².